The van der Waals surface area contributed by atoms with Gasteiger partial charge in [0.2, 0.25) is 5.15 Å². The van der Waals surface area contributed by atoms with Gasteiger partial charge >= 0.3 is 5.69 Å². The highest BCUT2D eigenvalue weighted by molar-refractivity contribution is 6.33. The predicted molar refractivity (Wildman–Crippen MR) is 93.8 cm³/mol. The number of para-hydroxylation sites is 1. The van der Waals surface area contributed by atoms with Crippen LogP contribution in [-0.4, -0.2) is 54.2 Å². The number of benzene rings is 1. The first kappa shape index (κ1) is 16.9. The third-order valence-corrected chi connectivity index (χ3v) is 4.33. The number of aromatic nitrogens is 1. The Hall–Kier alpha value is -1.96. The van der Waals surface area contributed by atoms with E-state index in [4.69, 9.17) is 16.3 Å². The molecule has 3 rings (SSSR count). The molecule has 0 amide bonds. The molecule has 0 atom stereocenters. The lowest BCUT2D eigenvalue weighted by Gasteiger charge is -2.26. The van der Waals surface area contributed by atoms with Crippen LogP contribution in [-0.2, 0) is 4.74 Å². The van der Waals surface area contributed by atoms with Crippen LogP contribution in [0.25, 0.3) is 10.9 Å². The molecule has 1 saturated heterocycles. The van der Waals surface area contributed by atoms with Crippen molar-refractivity contribution in [3.8, 4) is 0 Å². The lowest BCUT2D eigenvalue weighted by atomic mass is 10.1. The summed E-state index contributed by atoms with van der Waals surface area (Å²) in [6.07, 6.45) is 0.880. The van der Waals surface area contributed by atoms with Crippen LogP contribution < -0.4 is 5.32 Å². The standard InChI is InChI=1S/C16H19ClN4O3/c17-16-15(21(22)23)14(12-4-1-2-5-13(12)19-16)18-6-3-7-20-8-10-24-11-9-20/h1-2,4-5H,3,6-11H2,(H,18,19). The fourth-order valence-electron chi connectivity index (χ4n) is 2.86. The number of fused-ring (bicyclic) bond motifs is 1. The van der Waals surface area contributed by atoms with Gasteiger partial charge in [0.25, 0.3) is 0 Å². The summed E-state index contributed by atoms with van der Waals surface area (Å²) < 4.78 is 5.32. The van der Waals surface area contributed by atoms with E-state index in [2.05, 4.69) is 15.2 Å². The van der Waals surface area contributed by atoms with E-state index in [1.54, 1.807) is 6.07 Å². The number of nitro groups is 1. The smallest absolute Gasteiger partial charge is 0.329 e. The van der Waals surface area contributed by atoms with Gasteiger partial charge < -0.3 is 10.1 Å². The first-order valence-corrected chi connectivity index (χ1v) is 8.31. The van der Waals surface area contributed by atoms with Gasteiger partial charge in [-0.05, 0) is 19.0 Å². The maximum absolute atomic E-state index is 11.4. The van der Waals surface area contributed by atoms with Gasteiger partial charge in [-0.25, -0.2) is 4.98 Å². The van der Waals surface area contributed by atoms with Crippen LogP contribution in [0.4, 0.5) is 11.4 Å². The van der Waals surface area contributed by atoms with Crippen molar-refractivity contribution in [2.45, 2.75) is 6.42 Å². The second-order valence-corrected chi connectivity index (χ2v) is 5.99. The summed E-state index contributed by atoms with van der Waals surface area (Å²) in [7, 11) is 0. The van der Waals surface area contributed by atoms with E-state index in [1.807, 2.05) is 18.2 Å². The summed E-state index contributed by atoms with van der Waals surface area (Å²) in [5, 5.41) is 15.2. The predicted octanol–water partition coefficient (Wildman–Crippen LogP) is 2.93. The van der Waals surface area contributed by atoms with Crippen LogP contribution in [0.1, 0.15) is 6.42 Å². The zero-order valence-electron chi connectivity index (χ0n) is 13.2. The topological polar surface area (TPSA) is 80.5 Å². The first-order chi connectivity index (χ1) is 11.7. The summed E-state index contributed by atoms with van der Waals surface area (Å²) in [6.45, 7) is 4.96. The number of pyridine rings is 1. The molecule has 0 saturated carbocycles. The van der Waals surface area contributed by atoms with E-state index in [0.29, 0.717) is 23.1 Å². The Bertz CT molecular complexity index is 735. The van der Waals surface area contributed by atoms with Crippen LogP contribution in [0, 0.1) is 10.1 Å². The molecule has 0 unspecified atom stereocenters. The Balaban J connectivity index is 1.74. The van der Waals surface area contributed by atoms with Crippen molar-refractivity contribution in [3.05, 3.63) is 39.5 Å². The average Bonchev–Trinajstić information content (AvgIpc) is 2.58. The van der Waals surface area contributed by atoms with Crippen molar-refractivity contribution in [1.82, 2.24) is 9.88 Å². The lowest BCUT2D eigenvalue weighted by molar-refractivity contribution is -0.384. The summed E-state index contributed by atoms with van der Waals surface area (Å²) >= 11 is 6.02. The van der Waals surface area contributed by atoms with Gasteiger partial charge in [-0.3, -0.25) is 15.0 Å². The minimum absolute atomic E-state index is 0.0885. The number of halogens is 1. The average molecular weight is 351 g/mol. The molecule has 8 heteroatoms. The van der Waals surface area contributed by atoms with E-state index in [1.165, 1.54) is 0 Å². The van der Waals surface area contributed by atoms with Crippen LogP contribution in [0.5, 0.6) is 0 Å². The Kier molecular flexibility index (Phi) is 5.44. The largest absolute Gasteiger partial charge is 0.379 e. The van der Waals surface area contributed by atoms with Crippen LogP contribution >= 0.6 is 11.6 Å². The number of morpholine rings is 1. The molecule has 1 N–H and O–H groups in total. The van der Waals surface area contributed by atoms with E-state index in [-0.39, 0.29) is 10.8 Å². The first-order valence-electron chi connectivity index (χ1n) is 7.93. The Morgan fingerprint density at radius 2 is 2.08 bits per heavy atom. The number of hydrogen-bond acceptors (Lipinski definition) is 6. The molecule has 7 nitrogen and oxygen atoms in total. The normalized spacial score (nSPS) is 15.5. The number of nitrogens with one attached hydrogen (secondary N) is 1. The minimum atomic E-state index is -0.480. The summed E-state index contributed by atoms with van der Waals surface area (Å²) in [5.74, 6) is 0. The van der Waals surface area contributed by atoms with Crippen LogP contribution in [0.2, 0.25) is 5.15 Å². The number of nitrogens with zero attached hydrogens (tertiary/aromatic N) is 3. The fourth-order valence-corrected chi connectivity index (χ4v) is 3.11. The Morgan fingerprint density at radius 1 is 1.33 bits per heavy atom. The molecule has 128 valence electrons. The number of anilines is 1. The minimum Gasteiger partial charge on any atom is -0.379 e. The second-order valence-electron chi connectivity index (χ2n) is 5.63. The van der Waals surface area contributed by atoms with E-state index < -0.39 is 4.92 Å². The molecule has 0 aliphatic carbocycles. The van der Waals surface area contributed by atoms with Crippen LogP contribution in [0.3, 0.4) is 0 Å². The summed E-state index contributed by atoms with van der Waals surface area (Å²) in [4.78, 5) is 17.4. The van der Waals surface area contributed by atoms with Gasteiger partial charge in [0.1, 0.15) is 5.69 Å². The maximum Gasteiger partial charge on any atom is 0.329 e. The SMILES string of the molecule is O=[N+]([O-])c1c(Cl)nc2ccccc2c1NCCCN1CCOCC1. The number of ether oxygens (including phenoxy) is 1. The fraction of sp³-hybridized carbons (Fsp3) is 0.438. The zero-order valence-corrected chi connectivity index (χ0v) is 14.0. The molecule has 0 spiro atoms. The molecule has 2 aromatic rings. The molecular formula is C16H19ClN4O3. The molecular weight excluding hydrogens is 332 g/mol. The van der Waals surface area contributed by atoms with Crippen molar-refractivity contribution in [2.24, 2.45) is 0 Å². The Labute approximate surface area is 144 Å². The van der Waals surface area contributed by atoms with Crippen molar-refractivity contribution in [2.75, 3.05) is 44.7 Å². The highest BCUT2D eigenvalue weighted by atomic mass is 35.5. The van der Waals surface area contributed by atoms with Gasteiger partial charge in [0.05, 0.1) is 23.7 Å². The Morgan fingerprint density at radius 3 is 2.83 bits per heavy atom. The van der Waals surface area contributed by atoms with Crippen molar-refractivity contribution < 1.29 is 9.66 Å². The molecule has 0 bridgehead atoms. The number of rotatable bonds is 6. The summed E-state index contributed by atoms with van der Waals surface area (Å²) in [6, 6.07) is 7.28. The van der Waals surface area contributed by atoms with Gasteiger partial charge in [-0.1, -0.05) is 29.8 Å². The van der Waals surface area contributed by atoms with Crippen molar-refractivity contribution in [1.29, 1.82) is 0 Å². The second kappa shape index (κ2) is 7.74. The van der Waals surface area contributed by atoms with Gasteiger partial charge in [-0.15, -0.1) is 0 Å². The zero-order chi connectivity index (χ0) is 16.9. The molecule has 1 fully saturated rings. The molecule has 1 aromatic carbocycles. The highest BCUT2D eigenvalue weighted by Gasteiger charge is 2.23. The van der Waals surface area contributed by atoms with Gasteiger partial charge in [0, 0.05) is 25.0 Å². The maximum atomic E-state index is 11.4. The molecule has 1 aromatic heterocycles. The molecule has 1 aliphatic rings. The summed E-state index contributed by atoms with van der Waals surface area (Å²) in [5.41, 5.74) is 0.920. The van der Waals surface area contributed by atoms with E-state index in [9.17, 15) is 10.1 Å². The van der Waals surface area contributed by atoms with E-state index in [0.717, 1.165) is 39.3 Å². The van der Waals surface area contributed by atoms with E-state index >= 15 is 0 Å². The number of hydrogen-bond donors (Lipinski definition) is 1. The highest BCUT2D eigenvalue weighted by Crippen LogP contribution is 2.37. The lowest BCUT2D eigenvalue weighted by Crippen LogP contribution is -2.37. The van der Waals surface area contributed by atoms with Crippen LogP contribution in [0.15, 0.2) is 24.3 Å². The molecule has 2 heterocycles. The third-order valence-electron chi connectivity index (χ3n) is 4.06. The molecule has 1 aliphatic heterocycles. The van der Waals surface area contributed by atoms with Crippen molar-refractivity contribution in [3.63, 3.8) is 0 Å². The quantitative estimate of drug-likeness (QED) is 0.373. The van der Waals surface area contributed by atoms with Gasteiger partial charge in [-0.2, -0.15) is 0 Å². The molecule has 24 heavy (non-hydrogen) atoms. The monoisotopic (exact) mass is 350 g/mol. The third kappa shape index (κ3) is 3.75. The molecule has 0 radical (unpaired) electrons. The van der Waals surface area contributed by atoms with Gasteiger partial charge in [0.15, 0.2) is 0 Å². The van der Waals surface area contributed by atoms with Crippen molar-refractivity contribution >= 4 is 33.9 Å².